The van der Waals surface area contributed by atoms with Gasteiger partial charge < -0.3 is 34.2 Å². The van der Waals surface area contributed by atoms with E-state index in [9.17, 15) is 28.8 Å². The van der Waals surface area contributed by atoms with Gasteiger partial charge in [-0.15, -0.1) is 0 Å². The fraction of sp³-hybridized carbons (Fsp3) is 0.763. The Kier molecular flexibility index (Phi) is 18.5. The maximum absolute atomic E-state index is 14.0. The van der Waals surface area contributed by atoms with Gasteiger partial charge in [-0.3, -0.25) is 14.4 Å². The van der Waals surface area contributed by atoms with Gasteiger partial charge in [0.1, 0.15) is 6.61 Å². The van der Waals surface area contributed by atoms with E-state index in [0.29, 0.717) is 32.5 Å². The normalized spacial score (nSPS) is 13.2. The molecule has 0 heterocycles. The first kappa shape index (κ1) is 47.1. The predicted octanol–water partition coefficient (Wildman–Crippen LogP) is 6.64. The van der Waals surface area contributed by atoms with Crippen molar-refractivity contribution in [1.82, 2.24) is 15.1 Å². The van der Waals surface area contributed by atoms with Gasteiger partial charge >= 0.3 is 5.97 Å². The molecule has 4 N–H and O–H groups in total. The van der Waals surface area contributed by atoms with Gasteiger partial charge in [0.2, 0.25) is 11.8 Å². The molecule has 13 heteroatoms. The molecule has 1 rings (SSSR count). The van der Waals surface area contributed by atoms with Crippen molar-refractivity contribution in [2.24, 2.45) is 0 Å². The molecule has 0 bridgehead atoms. The van der Waals surface area contributed by atoms with E-state index in [1.54, 1.807) is 9.80 Å². The summed E-state index contributed by atoms with van der Waals surface area (Å²) in [6.07, 6.45) is 4.43. The molecule has 0 fully saturated rings. The second kappa shape index (κ2) is 20.0. The van der Waals surface area contributed by atoms with Crippen molar-refractivity contribution in [3.05, 3.63) is 35.9 Å². The molecule has 1 aromatic carbocycles. The first-order valence-electron chi connectivity index (χ1n) is 18.8. The maximum Gasteiger partial charge on any atom is 0.307 e. The summed E-state index contributed by atoms with van der Waals surface area (Å²) in [5, 5.41) is 2.60. The highest BCUT2D eigenvalue weighted by Gasteiger charge is 2.39. The van der Waals surface area contributed by atoms with Crippen LogP contribution in [0.15, 0.2) is 30.3 Å². The van der Waals surface area contributed by atoms with Crippen LogP contribution in [0.3, 0.4) is 0 Å². The van der Waals surface area contributed by atoms with Crippen molar-refractivity contribution in [3.63, 3.8) is 0 Å². The van der Waals surface area contributed by atoms with Crippen LogP contribution in [-0.2, 0) is 25.7 Å². The SMILES string of the molecule is CC(C)(CCCNCC(=O)N(CCCC(C)(C)[Si](C)(C)O)CC(=O)N(CCCC(C)(C)[Si](C)(C)O)CCC(=O)OCc1ccccc1)[Si](C)(C)O. The van der Waals surface area contributed by atoms with Crippen LogP contribution in [-0.4, -0.2) is 106 Å². The Morgan fingerprint density at radius 3 is 1.59 bits per heavy atom. The molecule has 0 saturated carbocycles. The third kappa shape index (κ3) is 16.8. The Labute approximate surface area is 313 Å². The molecule has 2 amide bonds. The number of rotatable bonds is 24. The maximum atomic E-state index is 14.0. The lowest BCUT2D eigenvalue weighted by molar-refractivity contribution is -0.146. The number of ether oxygens (including phenoxy) is 1. The second-order valence-electron chi connectivity index (χ2n) is 17.9. The van der Waals surface area contributed by atoms with Gasteiger partial charge in [0.25, 0.3) is 0 Å². The van der Waals surface area contributed by atoms with E-state index in [1.807, 2.05) is 69.6 Å². The topological polar surface area (TPSA) is 140 Å². The zero-order chi connectivity index (χ0) is 39.3. The molecule has 0 unspecified atom stereocenters. The number of amides is 2. The highest BCUT2D eigenvalue weighted by molar-refractivity contribution is 6.73. The molecule has 0 atom stereocenters. The summed E-state index contributed by atoms with van der Waals surface area (Å²) < 4.78 is 5.49. The van der Waals surface area contributed by atoms with Gasteiger partial charge in [0.15, 0.2) is 25.0 Å². The third-order valence-corrected chi connectivity index (χ3v) is 22.4. The molecular weight excluding hydrogens is 695 g/mol. The summed E-state index contributed by atoms with van der Waals surface area (Å²) in [7, 11) is -7.22. The standard InChI is InChI=1S/C38H73N3O7Si3/c1-36(2,49(7,8)45)22-16-25-39-29-33(42)41(27-18-24-38(5,6)51(11,12)47)30-34(43)40(26-17-23-37(3,4)50(9,10)46)28-21-35(44)48-31-32-19-14-13-15-20-32/h13-15,19-20,39,45-47H,16-18,21-31H2,1-12H3. The molecule has 0 aliphatic heterocycles. The average molecular weight is 768 g/mol. The van der Waals surface area contributed by atoms with E-state index < -0.39 is 30.9 Å². The van der Waals surface area contributed by atoms with E-state index in [4.69, 9.17) is 4.74 Å². The average Bonchev–Trinajstić information content (AvgIpc) is 2.99. The summed E-state index contributed by atoms with van der Waals surface area (Å²) >= 11 is 0. The minimum atomic E-state index is -2.45. The van der Waals surface area contributed by atoms with Crippen molar-refractivity contribution >= 4 is 42.7 Å². The summed E-state index contributed by atoms with van der Waals surface area (Å²) in [6.45, 7) is 25.8. The van der Waals surface area contributed by atoms with Crippen molar-refractivity contribution in [1.29, 1.82) is 0 Å². The number of benzene rings is 1. The van der Waals surface area contributed by atoms with Gasteiger partial charge in [-0.2, -0.15) is 0 Å². The van der Waals surface area contributed by atoms with Gasteiger partial charge in [0.05, 0.1) is 19.5 Å². The highest BCUT2D eigenvalue weighted by atomic mass is 28.4. The number of nitrogens with one attached hydrogen (secondary N) is 1. The fourth-order valence-electron chi connectivity index (χ4n) is 5.26. The van der Waals surface area contributed by atoms with E-state index in [1.165, 1.54) is 0 Å². The Morgan fingerprint density at radius 2 is 1.12 bits per heavy atom. The first-order chi connectivity index (χ1) is 23.2. The van der Waals surface area contributed by atoms with Crippen LogP contribution in [0.1, 0.15) is 92.1 Å². The second-order valence-corrected chi connectivity index (χ2v) is 31.3. The van der Waals surface area contributed by atoms with Gasteiger partial charge in [-0.25, -0.2) is 0 Å². The van der Waals surface area contributed by atoms with E-state index in [-0.39, 0.29) is 59.6 Å². The lowest BCUT2D eigenvalue weighted by Crippen LogP contribution is -2.47. The molecule has 0 saturated heterocycles. The Bertz CT molecular complexity index is 1220. The zero-order valence-electron chi connectivity index (χ0n) is 34.2. The fourth-order valence-corrected chi connectivity index (χ4v) is 7.62. The highest BCUT2D eigenvalue weighted by Crippen LogP contribution is 2.41. The zero-order valence-corrected chi connectivity index (χ0v) is 37.2. The lowest BCUT2D eigenvalue weighted by Gasteiger charge is -2.36. The van der Waals surface area contributed by atoms with Crippen LogP contribution in [0.5, 0.6) is 0 Å². The minimum Gasteiger partial charge on any atom is -0.461 e. The molecule has 0 radical (unpaired) electrons. The Hall–Kier alpha value is -1.88. The first-order valence-corrected chi connectivity index (χ1v) is 27.7. The van der Waals surface area contributed by atoms with Crippen LogP contribution in [0.2, 0.25) is 54.4 Å². The van der Waals surface area contributed by atoms with Crippen LogP contribution >= 0.6 is 0 Å². The summed E-state index contributed by atoms with van der Waals surface area (Å²) in [5.74, 6) is -0.800. The molecule has 0 aliphatic carbocycles. The van der Waals surface area contributed by atoms with Crippen LogP contribution in [0.4, 0.5) is 0 Å². The molecule has 10 nitrogen and oxygen atoms in total. The van der Waals surface area contributed by atoms with Gasteiger partial charge in [-0.1, -0.05) is 71.9 Å². The Morgan fingerprint density at radius 1 is 0.667 bits per heavy atom. The van der Waals surface area contributed by atoms with Crippen LogP contribution < -0.4 is 5.32 Å². The van der Waals surface area contributed by atoms with Gasteiger partial charge in [-0.05, 0) is 105 Å². The molecular formula is C38H73N3O7Si3. The van der Waals surface area contributed by atoms with Crippen molar-refractivity contribution in [2.45, 2.75) is 147 Å². The molecule has 1 aromatic rings. The number of carbonyl (C=O) groups is 3. The van der Waals surface area contributed by atoms with Gasteiger partial charge in [0, 0.05) is 19.6 Å². The van der Waals surface area contributed by atoms with E-state index in [2.05, 4.69) is 46.9 Å². The van der Waals surface area contributed by atoms with E-state index >= 15 is 0 Å². The van der Waals surface area contributed by atoms with Crippen LogP contribution in [0.25, 0.3) is 0 Å². The largest absolute Gasteiger partial charge is 0.461 e. The lowest BCUT2D eigenvalue weighted by atomic mass is 10.1. The molecule has 294 valence electrons. The van der Waals surface area contributed by atoms with Crippen molar-refractivity contribution < 1.29 is 33.5 Å². The summed E-state index contributed by atoms with van der Waals surface area (Å²) in [4.78, 5) is 75.9. The third-order valence-electron chi connectivity index (χ3n) is 11.7. The molecule has 0 spiro atoms. The van der Waals surface area contributed by atoms with E-state index in [0.717, 1.165) is 31.2 Å². The number of carbonyl (C=O) groups excluding carboxylic acids is 3. The number of hydrogen-bond donors (Lipinski definition) is 4. The van der Waals surface area contributed by atoms with Crippen molar-refractivity contribution in [2.75, 3.05) is 39.3 Å². The molecule has 0 aliphatic rings. The number of nitrogens with zero attached hydrogens (tertiary/aromatic N) is 2. The van der Waals surface area contributed by atoms with Crippen LogP contribution in [0, 0.1) is 0 Å². The number of hydrogen-bond acceptors (Lipinski definition) is 8. The minimum absolute atomic E-state index is 0.0337. The predicted molar refractivity (Wildman–Crippen MR) is 216 cm³/mol. The summed E-state index contributed by atoms with van der Waals surface area (Å²) in [6, 6.07) is 9.45. The number of esters is 1. The monoisotopic (exact) mass is 767 g/mol. The molecule has 51 heavy (non-hydrogen) atoms. The Balaban J connectivity index is 3.07. The summed E-state index contributed by atoms with van der Waals surface area (Å²) in [5.41, 5.74) is 0.887. The smallest absolute Gasteiger partial charge is 0.307 e. The molecule has 0 aromatic heterocycles. The quantitative estimate of drug-likeness (QED) is 0.0522. The van der Waals surface area contributed by atoms with Crippen molar-refractivity contribution in [3.8, 4) is 0 Å².